The predicted molar refractivity (Wildman–Crippen MR) is 98.8 cm³/mol. The number of fused-ring (bicyclic) bond motifs is 3. The van der Waals surface area contributed by atoms with E-state index in [0.29, 0.717) is 24.7 Å². The molecule has 7 heteroatoms. The van der Waals surface area contributed by atoms with Gasteiger partial charge in [0, 0.05) is 48.9 Å². The van der Waals surface area contributed by atoms with E-state index >= 15 is 0 Å². The minimum atomic E-state index is -0.299. The SMILES string of the molecule is O=C(O[C@H]1C[C@H]2COC[C@@H](C1)N2)c1cn(-c2ncccn2)c2ccccc12. The monoisotopic (exact) mass is 364 g/mol. The number of ether oxygens (including phenoxy) is 2. The molecule has 2 fully saturated rings. The minimum absolute atomic E-state index is 0.0901. The number of esters is 1. The first-order chi connectivity index (χ1) is 13.3. The number of nitrogens with zero attached hydrogens (tertiary/aromatic N) is 3. The maximum atomic E-state index is 13.0. The Hall–Kier alpha value is -2.77. The fraction of sp³-hybridized carbons (Fsp3) is 0.350. The van der Waals surface area contributed by atoms with Crippen molar-refractivity contribution in [2.45, 2.75) is 31.0 Å². The van der Waals surface area contributed by atoms with Gasteiger partial charge in [-0.05, 0) is 12.1 Å². The zero-order valence-electron chi connectivity index (χ0n) is 14.7. The second-order valence-electron chi connectivity index (χ2n) is 7.08. The fourth-order valence-corrected chi connectivity index (χ4v) is 4.02. The first kappa shape index (κ1) is 16.4. The van der Waals surface area contributed by atoms with Gasteiger partial charge in [0.1, 0.15) is 6.10 Å². The van der Waals surface area contributed by atoms with Crippen molar-refractivity contribution in [2.24, 2.45) is 0 Å². The smallest absolute Gasteiger partial charge is 0.340 e. The average molecular weight is 364 g/mol. The Morgan fingerprint density at radius 1 is 1.11 bits per heavy atom. The van der Waals surface area contributed by atoms with Crippen LogP contribution in [-0.4, -0.2) is 51.9 Å². The summed E-state index contributed by atoms with van der Waals surface area (Å²) in [5.74, 6) is 0.230. The summed E-state index contributed by atoms with van der Waals surface area (Å²) in [5, 5.41) is 4.35. The van der Waals surface area contributed by atoms with Crippen LogP contribution in [0.15, 0.2) is 48.9 Å². The van der Waals surface area contributed by atoms with Crippen LogP contribution in [0, 0.1) is 0 Å². The van der Waals surface area contributed by atoms with Crippen LogP contribution in [0.25, 0.3) is 16.9 Å². The second-order valence-corrected chi connectivity index (χ2v) is 7.08. The normalized spacial score (nSPS) is 24.7. The van der Waals surface area contributed by atoms with Crippen molar-refractivity contribution in [3.05, 3.63) is 54.5 Å². The van der Waals surface area contributed by atoms with Crippen LogP contribution in [0.1, 0.15) is 23.2 Å². The molecule has 7 nitrogen and oxygen atoms in total. The van der Waals surface area contributed by atoms with Crippen molar-refractivity contribution < 1.29 is 14.3 Å². The van der Waals surface area contributed by atoms with Gasteiger partial charge in [0.05, 0.1) is 24.3 Å². The largest absolute Gasteiger partial charge is 0.459 e. The van der Waals surface area contributed by atoms with Crippen LogP contribution in [0.3, 0.4) is 0 Å². The molecule has 2 aliphatic heterocycles. The van der Waals surface area contributed by atoms with Gasteiger partial charge in [0.2, 0.25) is 5.95 Å². The molecule has 0 aliphatic carbocycles. The van der Waals surface area contributed by atoms with Gasteiger partial charge in [-0.3, -0.25) is 4.57 Å². The van der Waals surface area contributed by atoms with E-state index in [0.717, 1.165) is 23.7 Å². The highest BCUT2D eigenvalue weighted by Crippen LogP contribution is 2.27. The molecule has 0 radical (unpaired) electrons. The molecule has 5 rings (SSSR count). The number of rotatable bonds is 3. The third kappa shape index (κ3) is 3.09. The molecule has 0 unspecified atom stereocenters. The summed E-state index contributed by atoms with van der Waals surface area (Å²) in [5.41, 5.74) is 1.42. The van der Waals surface area contributed by atoms with Crippen LogP contribution in [0.4, 0.5) is 0 Å². The molecule has 1 N–H and O–H groups in total. The molecule has 2 aromatic heterocycles. The summed E-state index contributed by atoms with van der Waals surface area (Å²) >= 11 is 0. The predicted octanol–water partition coefficient (Wildman–Crippen LogP) is 2.10. The summed E-state index contributed by atoms with van der Waals surface area (Å²) in [6.07, 6.45) is 6.61. The third-order valence-corrected chi connectivity index (χ3v) is 5.18. The van der Waals surface area contributed by atoms with Gasteiger partial charge in [0.15, 0.2) is 0 Å². The average Bonchev–Trinajstić information content (AvgIpc) is 3.08. The molecule has 0 saturated carbocycles. The molecule has 2 saturated heterocycles. The number of hydrogen-bond acceptors (Lipinski definition) is 6. The van der Waals surface area contributed by atoms with Crippen molar-refractivity contribution in [1.82, 2.24) is 19.9 Å². The maximum Gasteiger partial charge on any atom is 0.340 e. The van der Waals surface area contributed by atoms with Crippen LogP contribution in [0.2, 0.25) is 0 Å². The van der Waals surface area contributed by atoms with E-state index in [-0.39, 0.29) is 24.2 Å². The summed E-state index contributed by atoms with van der Waals surface area (Å²) < 4.78 is 13.3. The Labute approximate surface area is 156 Å². The van der Waals surface area contributed by atoms with Gasteiger partial charge in [0.25, 0.3) is 0 Å². The number of para-hydroxylation sites is 1. The molecule has 138 valence electrons. The molecule has 4 heterocycles. The Balaban J connectivity index is 1.45. The lowest BCUT2D eigenvalue weighted by molar-refractivity contribution is -0.0339. The molecule has 3 atom stereocenters. The first-order valence-electron chi connectivity index (χ1n) is 9.20. The topological polar surface area (TPSA) is 78.3 Å². The van der Waals surface area contributed by atoms with E-state index in [1.54, 1.807) is 24.7 Å². The van der Waals surface area contributed by atoms with E-state index in [1.807, 2.05) is 28.8 Å². The first-order valence-corrected chi connectivity index (χ1v) is 9.20. The third-order valence-electron chi connectivity index (χ3n) is 5.18. The van der Waals surface area contributed by atoms with Crippen molar-refractivity contribution in [2.75, 3.05) is 13.2 Å². The Morgan fingerprint density at radius 2 is 1.85 bits per heavy atom. The lowest BCUT2D eigenvalue weighted by atomic mass is 9.94. The zero-order valence-corrected chi connectivity index (χ0v) is 14.7. The number of benzene rings is 1. The highest BCUT2D eigenvalue weighted by Gasteiger charge is 2.34. The minimum Gasteiger partial charge on any atom is -0.459 e. The van der Waals surface area contributed by atoms with Gasteiger partial charge in [-0.25, -0.2) is 14.8 Å². The van der Waals surface area contributed by atoms with Crippen LogP contribution in [-0.2, 0) is 9.47 Å². The van der Waals surface area contributed by atoms with Crippen LogP contribution >= 0.6 is 0 Å². The molecule has 2 aliphatic rings. The van der Waals surface area contributed by atoms with Gasteiger partial charge in [-0.2, -0.15) is 0 Å². The Morgan fingerprint density at radius 3 is 2.63 bits per heavy atom. The number of nitrogens with one attached hydrogen (secondary N) is 1. The number of morpholine rings is 1. The van der Waals surface area contributed by atoms with Gasteiger partial charge >= 0.3 is 5.97 Å². The van der Waals surface area contributed by atoms with Gasteiger partial charge in [-0.1, -0.05) is 18.2 Å². The van der Waals surface area contributed by atoms with Crippen LogP contribution < -0.4 is 5.32 Å². The van der Waals surface area contributed by atoms with Crippen molar-refractivity contribution in [3.63, 3.8) is 0 Å². The highest BCUT2D eigenvalue weighted by molar-refractivity contribution is 6.04. The second kappa shape index (κ2) is 6.75. The number of hydrogen-bond donors (Lipinski definition) is 1. The van der Waals surface area contributed by atoms with E-state index in [4.69, 9.17) is 9.47 Å². The number of aromatic nitrogens is 3. The van der Waals surface area contributed by atoms with Crippen molar-refractivity contribution in [3.8, 4) is 5.95 Å². The molecule has 0 spiro atoms. The van der Waals surface area contributed by atoms with Gasteiger partial charge in [-0.15, -0.1) is 0 Å². The molecule has 0 amide bonds. The maximum absolute atomic E-state index is 13.0. The standard InChI is InChI=1S/C20H20N4O3/c25-19(27-15-8-13-11-26-12-14(9-15)23-13)17-10-24(20-21-6-3-7-22-20)18-5-2-1-4-16(17)18/h1-7,10,13-15,23H,8-9,11-12H2/t13-,14+,15-. The molecule has 2 bridgehead atoms. The molecular formula is C20H20N4O3. The number of piperidine rings is 1. The molecule has 3 aromatic rings. The molecule has 1 aromatic carbocycles. The Kier molecular flexibility index (Phi) is 4.10. The van der Waals surface area contributed by atoms with Crippen molar-refractivity contribution >= 4 is 16.9 Å². The highest BCUT2D eigenvalue weighted by atomic mass is 16.5. The number of carbonyl (C=O) groups is 1. The quantitative estimate of drug-likeness (QED) is 0.717. The zero-order chi connectivity index (χ0) is 18.2. The fourth-order valence-electron chi connectivity index (χ4n) is 4.02. The summed E-state index contributed by atoms with van der Waals surface area (Å²) in [6, 6.07) is 10.0. The molecule has 27 heavy (non-hydrogen) atoms. The lowest BCUT2D eigenvalue weighted by Crippen LogP contribution is -2.56. The van der Waals surface area contributed by atoms with Crippen LogP contribution in [0.5, 0.6) is 0 Å². The van der Waals surface area contributed by atoms with E-state index in [9.17, 15) is 4.79 Å². The van der Waals surface area contributed by atoms with E-state index in [1.165, 1.54) is 0 Å². The summed E-state index contributed by atoms with van der Waals surface area (Å²) in [4.78, 5) is 21.6. The van der Waals surface area contributed by atoms with E-state index in [2.05, 4.69) is 15.3 Å². The van der Waals surface area contributed by atoms with Crippen molar-refractivity contribution in [1.29, 1.82) is 0 Å². The van der Waals surface area contributed by atoms with E-state index < -0.39 is 0 Å². The Bertz CT molecular complexity index is 960. The molecular weight excluding hydrogens is 344 g/mol. The summed E-state index contributed by atoms with van der Waals surface area (Å²) in [6.45, 7) is 1.35. The summed E-state index contributed by atoms with van der Waals surface area (Å²) in [7, 11) is 0. The van der Waals surface area contributed by atoms with Gasteiger partial charge < -0.3 is 14.8 Å². The lowest BCUT2D eigenvalue weighted by Gasteiger charge is -2.39. The number of carbonyl (C=O) groups excluding carboxylic acids is 1.